The maximum Gasteiger partial charge on any atom is 0.407 e. The van der Waals surface area contributed by atoms with Gasteiger partial charge in [0, 0.05) is 25.7 Å². The first-order valence-electron chi connectivity index (χ1n) is 6.65. The molecule has 1 aliphatic heterocycles. The van der Waals surface area contributed by atoms with Crippen molar-refractivity contribution in [3.63, 3.8) is 0 Å². The second-order valence-electron chi connectivity index (χ2n) is 5.92. The van der Waals surface area contributed by atoms with Crippen LogP contribution in [0, 0.1) is 5.92 Å². The van der Waals surface area contributed by atoms with Crippen LogP contribution in [0.15, 0.2) is 0 Å². The molecule has 18 heavy (non-hydrogen) atoms. The van der Waals surface area contributed by atoms with Crippen molar-refractivity contribution in [3.8, 4) is 0 Å². The zero-order chi connectivity index (χ0) is 13.6. The first-order valence-corrected chi connectivity index (χ1v) is 6.65. The van der Waals surface area contributed by atoms with Gasteiger partial charge in [0.2, 0.25) is 0 Å². The standard InChI is InChI=1S/C13H26N2O3/c1-10(14-8-11-5-6-17-9-11)7-15-12(16)18-13(2,3)4/h10-11,14H,5-9H2,1-4H3,(H,15,16). The van der Waals surface area contributed by atoms with Gasteiger partial charge in [-0.25, -0.2) is 4.79 Å². The van der Waals surface area contributed by atoms with Crippen LogP contribution in [0.4, 0.5) is 4.79 Å². The predicted octanol–water partition coefficient (Wildman–Crippen LogP) is 1.53. The summed E-state index contributed by atoms with van der Waals surface area (Å²) in [5.74, 6) is 0.606. The van der Waals surface area contributed by atoms with E-state index in [-0.39, 0.29) is 12.1 Å². The van der Waals surface area contributed by atoms with Crippen molar-refractivity contribution < 1.29 is 14.3 Å². The summed E-state index contributed by atoms with van der Waals surface area (Å²) in [6.45, 7) is 10.8. The lowest BCUT2D eigenvalue weighted by molar-refractivity contribution is 0.0523. The lowest BCUT2D eigenvalue weighted by atomic mass is 10.1. The number of hydrogen-bond acceptors (Lipinski definition) is 4. The van der Waals surface area contributed by atoms with Crippen molar-refractivity contribution in [1.82, 2.24) is 10.6 Å². The number of ether oxygens (including phenoxy) is 2. The first-order chi connectivity index (χ1) is 8.37. The second kappa shape index (κ2) is 6.95. The SMILES string of the molecule is CC(CNC(=O)OC(C)(C)C)NCC1CCOC1. The van der Waals surface area contributed by atoms with Gasteiger partial charge < -0.3 is 20.1 Å². The smallest absolute Gasteiger partial charge is 0.407 e. The van der Waals surface area contributed by atoms with Gasteiger partial charge in [-0.05, 0) is 40.0 Å². The molecular weight excluding hydrogens is 232 g/mol. The summed E-state index contributed by atoms with van der Waals surface area (Å²) < 4.78 is 10.5. The maximum atomic E-state index is 11.4. The summed E-state index contributed by atoms with van der Waals surface area (Å²) >= 11 is 0. The topological polar surface area (TPSA) is 59.6 Å². The highest BCUT2D eigenvalue weighted by Crippen LogP contribution is 2.10. The minimum absolute atomic E-state index is 0.234. The average Bonchev–Trinajstić information content (AvgIpc) is 2.74. The summed E-state index contributed by atoms with van der Waals surface area (Å²) in [6.07, 6.45) is 0.763. The summed E-state index contributed by atoms with van der Waals surface area (Å²) in [6, 6.07) is 0.234. The number of rotatable bonds is 5. The number of alkyl carbamates (subject to hydrolysis) is 1. The second-order valence-corrected chi connectivity index (χ2v) is 5.92. The fourth-order valence-corrected chi connectivity index (χ4v) is 1.73. The van der Waals surface area contributed by atoms with Gasteiger partial charge in [-0.2, -0.15) is 0 Å². The van der Waals surface area contributed by atoms with Gasteiger partial charge in [0.15, 0.2) is 0 Å². The van der Waals surface area contributed by atoms with E-state index in [4.69, 9.17) is 9.47 Å². The van der Waals surface area contributed by atoms with Crippen molar-refractivity contribution in [2.45, 2.75) is 45.8 Å². The molecule has 2 unspecified atom stereocenters. The molecule has 0 radical (unpaired) electrons. The zero-order valence-corrected chi connectivity index (χ0v) is 11.9. The molecule has 0 aliphatic carbocycles. The van der Waals surface area contributed by atoms with Gasteiger partial charge in [0.1, 0.15) is 5.60 Å². The Balaban J connectivity index is 2.08. The van der Waals surface area contributed by atoms with Crippen molar-refractivity contribution in [2.24, 2.45) is 5.92 Å². The van der Waals surface area contributed by atoms with Crippen molar-refractivity contribution in [1.29, 1.82) is 0 Å². The third-order valence-corrected chi connectivity index (χ3v) is 2.73. The Morgan fingerprint density at radius 1 is 1.50 bits per heavy atom. The molecule has 0 aromatic heterocycles. The van der Waals surface area contributed by atoms with Crippen molar-refractivity contribution in [3.05, 3.63) is 0 Å². The number of nitrogens with one attached hydrogen (secondary N) is 2. The van der Waals surface area contributed by atoms with E-state index in [1.807, 2.05) is 27.7 Å². The van der Waals surface area contributed by atoms with Crippen LogP contribution in [0.1, 0.15) is 34.1 Å². The Hall–Kier alpha value is -0.810. The van der Waals surface area contributed by atoms with Gasteiger partial charge in [-0.15, -0.1) is 0 Å². The van der Waals surface area contributed by atoms with Crippen LogP contribution >= 0.6 is 0 Å². The fraction of sp³-hybridized carbons (Fsp3) is 0.923. The molecule has 0 bridgehead atoms. The molecular formula is C13H26N2O3. The molecule has 1 saturated heterocycles. The molecule has 0 aromatic rings. The molecule has 0 spiro atoms. The van der Waals surface area contributed by atoms with Gasteiger partial charge in [0.05, 0.1) is 6.61 Å². The molecule has 2 atom stereocenters. The summed E-state index contributed by atoms with van der Waals surface area (Å²) in [7, 11) is 0. The Labute approximate surface area is 110 Å². The number of hydrogen-bond donors (Lipinski definition) is 2. The fourth-order valence-electron chi connectivity index (χ4n) is 1.73. The minimum Gasteiger partial charge on any atom is -0.444 e. The minimum atomic E-state index is -0.443. The van der Waals surface area contributed by atoms with Crippen molar-refractivity contribution in [2.75, 3.05) is 26.3 Å². The molecule has 2 N–H and O–H groups in total. The molecule has 1 amide bonds. The molecule has 1 fully saturated rings. The largest absolute Gasteiger partial charge is 0.444 e. The van der Waals surface area contributed by atoms with E-state index in [1.54, 1.807) is 0 Å². The van der Waals surface area contributed by atoms with Gasteiger partial charge in [0.25, 0.3) is 0 Å². The van der Waals surface area contributed by atoms with Gasteiger partial charge in [-0.3, -0.25) is 0 Å². The zero-order valence-electron chi connectivity index (χ0n) is 11.9. The number of amides is 1. The average molecular weight is 258 g/mol. The van der Waals surface area contributed by atoms with Gasteiger partial charge >= 0.3 is 6.09 Å². The summed E-state index contributed by atoms with van der Waals surface area (Å²) in [5.41, 5.74) is -0.443. The van der Waals surface area contributed by atoms with Crippen LogP contribution in [-0.4, -0.2) is 44.0 Å². The van der Waals surface area contributed by atoms with Crippen molar-refractivity contribution >= 4 is 6.09 Å². The quantitative estimate of drug-likeness (QED) is 0.785. The Bertz CT molecular complexity index is 257. The van der Waals surface area contributed by atoms with Crippen LogP contribution in [0.5, 0.6) is 0 Å². The number of carbonyl (C=O) groups is 1. The summed E-state index contributed by atoms with van der Waals surface area (Å²) in [5, 5.41) is 6.15. The Morgan fingerprint density at radius 3 is 2.78 bits per heavy atom. The lowest BCUT2D eigenvalue weighted by Gasteiger charge is -2.21. The van der Waals surface area contributed by atoms with Crippen LogP contribution in [0.2, 0.25) is 0 Å². The van der Waals surface area contributed by atoms with E-state index in [9.17, 15) is 4.79 Å². The molecule has 0 saturated carbocycles. The van der Waals surface area contributed by atoms with Crippen LogP contribution in [0.3, 0.4) is 0 Å². The lowest BCUT2D eigenvalue weighted by Crippen LogP contribution is -2.42. The normalized spacial score (nSPS) is 21.7. The van der Waals surface area contributed by atoms with Crippen LogP contribution < -0.4 is 10.6 Å². The van der Waals surface area contributed by atoms with E-state index in [1.165, 1.54) is 0 Å². The highest BCUT2D eigenvalue weighted by Gasteiger charge is 2.18. The Kier molecular flexibility index (Phi) is 5.88. The predicted molar refractivity (Wildman–Crippen MR) is 70.6 cm³/mol. The molecule has 1 rings (SSSR count). The molecule has 0 aromatic carbocycles. The van der Waals surface area contributed by atoms with E-state index in [0.717, 1.165) is 26.2 Å². The molecule has 1 heterocycles. The third-order valence-electron chi connectivity index (χ3n) is 2.73. The maximum absolute atomic E-state index is 11.4. The Morgan fingerprint density at radius 2 is 2.22 bits per heavy atom. The van der Waals surface area contributed by atoms with E-state index < -0.39 is 5.60 Å². The van der Waals surface area contributed by atoms with E-state index in [2.05, 4.69) is 10.6 Å². The molecule has 5 nitrogen and oxygen atoms in total. The first kappa shape index (κ1) is 15.2. The van der Waals surface area contributed by atoms with E-state index in [0.29, 0.717) is 12.5 Å². The third kappa shape index (κ3) is 6.81. The van der Waals surface area contributed by atoms with E-state index >= 15 is 0 Å². The van der Waals surface area contributed by atoms with Gasteiger partial charge in [-0.1, -0.05) is 0 Å². The number of carbonyl (C=O) groups excluding carboxylic acids is 1. The molecule has 1 aliphatic rings. The highest BCUT2D eigenvalue weighted by atomic mass is 16.6. The van der Waals surface area contributed by atoms with Crippen LogP contribution in [0.25, 0.3) is 0 Å². The monoisotopic (exact) mass is 258 g/mol. The van der Waals surface area contributed by atoms with Crippen LogP contribution in [-0.2, 0) is 9.47 Å². The summed E-state index contributed by atoms with van der Waals surface area (Å²) in [4.78, 5) is 11.4. The molecule has 5 heteroatoms. The molecule has 106 valence electrons. The highest BCUT2D eigenvalue weighted by molar-refractivity contribution is 5.67.